The number of aromatic nitrogens is 2. The number of hydrogen-bond acceptors (Lipinski definition) is 4. The second-order valence-corrected chi connectivity index (χ2v) is 6.63. The van der Waals surface area contributed by atoms with E-state index in [4.69, 9.17) is 4.74 Å². The predicted molar refractivity (Wildman–Crippen MR) is 96.5 cm³/mol. The summed E-state index contributed by atoms with van der Waals surface area (Å²) in [7, 11) is 3.46. The molecule has 1 aliphatic heterocycles. The smallest absolute Gasteiger partial charge is 0.259 e. The Morgan fingerprint density at radius 3 is 3.08 bits per heavy atom. The minimum absolute atomic E-state index is 0.0446. The van der Waals surface area contributed by atoms with Crippen LogP contribution in [-0.2, 0) is 17.9 Å². The SMILES string of the molecule is CN(C)C(=O)COc1ccccc1CNC[C@@H]1CCCn2ccnc21. The van der Waals surface area contributed by atoms with Gasteiger partial charge < -0.3 is 19.5 Å². The largest absolute Gasteiger partial charge is 0.483 e. The van der Waals surface area contributed by atoms with Crippen molar-refractivity contribution in [1.82, 2.24) is 19.8 Å². The Balaban J connectivity index is 1.55. The van der Waals surface area contributed by atoms with Crippen LogP contribution in [0.15, 0.2) is 36.7 Å². The van der Waals surface area contributed by atoms with Crippen LogP contribution in [0.5, 0.6) is 5.75 Å². The van der Waals surface area contributed by atoms with Crippen LogP contribution < -0.4 is 10.1 Å². The molecule has 0 radical (unpaired) electrons. The van der Waals surface area contributed by atoms with Crippen LogP contribution in [-0.4, -0.2) is 47.6 Å². The molecule has 1 aromatic heterocycles. The van der Waals surface area contributed by atoms with Gasteiger partial charge in [-0.05, 0) is 18.9 Å². The van der Waals surface area contributed by atoms with E-state index in [9.17, 15) is 4.79 Å². The van der Waals surface area contributed by atoms with Gasteiger partial charge in [0.1, 0.15) is 11.6 Å². The molecule has 2 aromatic rings. The lowest BCUT2D eigenvalue weighted by atomic mass is 9.99. The highest BCUT2D eigenvalue weighted by Gasteiger charge is 2.20. The van der Waals surface area contributed by atoms with Crippen molar-refractivity contribution in [2.75, 3.05) is 27.2 Å². The number of amides is 1. The first-order valence-corrected chi connectivity index (χ1v) is 8.77. The van der Waals surface area contributed by atoms with E-state index in [1.165, 1.54) is 23.6 Å². The molecule has 1 N–H and O–H groups in total. The number of carbonyl (C=O) groups excluding carboxylic acids is 1. The molecule has 25 heavy (non-hydrogen) atoms. The fourth-order valence-electron chi connectivity index (χ4n) is 3.14. The van der Waals surface area contributed by atoms with Crippen molar-refractivity contribution in [3.05, 3.63) is 48.0 Å². The average Bonchev–Trinajstić information content (AvgIpc) is 3.10. The van der Waals surface area contributed by atoms with Crippen molar-refractivity contribution in [2.24, 2.45) is 0 Å². The standard InChI is InChI=1S/C19H26N4O2/c1-22(2)18(24)14-25-17-8-4-3-6-15(17)12-20-13-16-7-5-10-23-11-9-21-19(16)23/h3-4,6,8-9,11,16,20H,5,7,10,12-14H2,1-2H3/t16-/m0/s1. The molecular weight excluding hydrogens is 316 g/mol. The molecule has 6 nitrogen and oxygen atoms in total. The molecular formula is C19H26N4O2. The van der Waals surface area contributed by atoms with Crippen LogP contribution in [0.4, 0.5) is 0 Å². The van der Waals surface area contributed by atoms with E-state index in [0.29, 0.717) is 12.5 Å². The van der Waals surface area contributed by atoms with Gasteiger partial charge in [0, 0.05) is 57.6 Å². The summed E-state index contributed by atoms with van der Waals surface area (Å²) in [4.78, 5) is 17.8. The zero-order valence-electron chi connectivity index (χ0n) is 14.9. The van der Waals surface area contributed by atoms with Gasteiger partial charge >= 0.3 is 0 Å². The Labute approximate surface area is 148 Å². The number of rotatable bonds is 7. The molecule has 0 unspecified atom stereocenters. The fourth-order valence-corrected chi connectivity index (χ4v) is 3.14. The van der Waals surface area contributed by atoms with Gasteiger partial charge in [0.15, 0.2) is 6.61 Å². The van der Waals surface area contributed by atoms with Crippen molar-refractivity contribution in [1.29, 1.82) is 0 Å². The summed E-state index contributed by atoms with van der Waals surface area (Å²) in [5.41, 5.74) is 1.06. The van der Waals surface area contributed by atoms with Crippen molar-refractivity contribution >= 4 is 5.91 Å². The van der Waals surface area contributed by atoms with Gasteiger partial charge in [0.25, 0.3) is 5.91 Å². The molecule has 0 spiro atoms. The summed E-state index contributed by atoms with van der Waals surface area (Å²) in [5.74, 6) is 2.35. The minimum Gasteiger partial charge on any atom is -0.483 e. The maximum absolute atomic E-state index is 11.7. The van der Waals surface area contributed by atoms with E-state index >= 15 is 0 Å². The number of ether oxygens (including phenoxy) is 1. The van der Waals surface area contributed by atoms with E-state index in [1.807, 2.05) is 30.5 Å². The topological polar surface area (TPSA) is 59.4 Å². The summed E-state index contributed by atoms with van der Waals surface area (Å²) in [6.45, 7) is 2.73. The second kappa shape index (κ2) is 8.16. The number of benzene rings is 1. The first-order valence-electron chi connectivity index (χ1n) is 8.77. The van der Waals surface area contributed by atoms with Crippen LogP contribution >= 0.6 is 0 Å². The Morgan fingerprint density at radius 1 is 1.40 bits per heavy atom. The number of imidazole rings is 1. The highest BCUT2D eigenvalue weighted by Crippen LogP contribution is 2.25. The molecule has 3 rings (SSSR count). The normalized spacial score (nSPS) is 16.3. The second-order valence-electron chi connectivity index (χ2n) is 6.63. The number of hydrogen-bond donors (Lipinski definition) is 1. The van der Waals surface area contributed by atoms with Crippen LogP contribution in [0, 0.1) is 0 Å². The molecule has 0 bridgehead atoms. The van der Waals surface area contributed by atoms with E-state index in [1.54, 1.807) is 14.1 Å². The Morgan fingerprint density at radius 2 is 2.24 bits per heavy atom. The Bertz CT molecular complexity index is 711. The van der Waals surface area contributed by atoms with Gasteiger partial charge in [-0.3, -0.25) is 4.79 Å². The highest BCUT2D eigenvalue weighted by molar-refractivity contribution is 5.77. The summed E-state index contributed by atoms with van der Waals surface area (Å²) in [5, 5.41) is 3.52. The van der Waals surface area contributed by atoms with Gasteiger partial charge in [-0.2, -0.15) is 0 Å². The summed E-state index contributed by atoms with van der Waals surface area (Å²) >= 11 is 0. The van der Waals surface area contributed by atoms with Crippen LogP contribution in [0.3, 0.4) is 0 Å². The Kier molecular flexibility index (Phi) is 5.71. The molecule has 0 aliphatic carbocycles. The number of nitrogens with one attached hydrogen (secondary N) is 1. The summed E-state index contributed by atoms with van der Waals surface area (Å²) in [6, 6.07) is 7.86. The maximum atomic E-state index is 11.7. The number of carbonyl (C=O) groups is 1. The number of para-hydroxylation sites is 1. The number of likely N-dealkylation sites (N-methyl/N-ethyl adjacent to an activating group) is 1. The van der Waals surface area contributed by atoms with E-state index < -0.39 is 0 Å². The number of aryl methyl sites for hydroxylation is 1. The third-order valence-corrected chi connectivity index (χ3v) is 4.59. The fraction of sp³-hybridized carbons (Fsp3) is 0.474. The molecule has 1 aliphatic rings. The van der Waals surface area contributed by atoms with Crippen molar-refractivity contribution in [2.45, 2.75) is 31.8 Å². The summed E-state index contributed by atoms with van der Waals surface area (Å²) < 4.78 is 7.95. The third-order valence-electron chi connectivity index (χ3n) is 4.59. The van der Waals surface area contributed by atoms with Gasteiger partial charge in [-0.25, -0.2) is 4.98 Å². The molecule has 1 atom stereocenters. The first kappa shape index (κ1) is 17.5. The zero-order chi connectivity index (χ0) is 17.6. The van der Waals surface area contributed by atoms with E-state index in [0.717, 1.165) is 24.4 Å². The summed E-state index contributed by atoms with van der Waals surface area (Å²) in [6.07, 6.45) is 6.31. The molecule has 6 heteroatoms. The monoisotopic (exact) mass is 342 g/mol. The average molecular weight is 342 g/mol. The highest BCUT2D eigenvalue weighted by atomic mass is 16.5. The van der Waals surface area contributed by atoms with E-state index in [2.05, 4.69) is 21.1 Å². The molecule has 1 amide bonds. The lowest BCUT2D eigenvalue weighted by Crippen LogP contribution is -2.28. The van der Waals surface area contributed by atoms with Gasteiger partial charge in [0.2, 0.25) is 0 Å². The van der Waals surface area contributed by atoms with Gasteiger partial charge in [0.05, 0.1) is 0 Å². The number of nitrogens with zero attached hydrogens (tertiary/aromatic N) is 3. The third kappa shape index (κ3) is 4.39. The van der Waals surface area contributed by atoms with Gasteiger partial charge in [-0.1, -0.05) is 18.2 Å². The first-order chi connectivity index (χ1) is 12.1. The molecule has 1 aromatic carbocycles. The van der Waals surface area contributed by atoms with Crippen LogP contribution in [0.25, 0.3) is 0 Å². The maximum Gasteiger partial charge on any atom is 0.259 e. The molecule has 134 valence electrons. The number of fused-ring (bicyclic) bond motifs is 1. The van der Waals surface area contributed by atoms with Crippen LogP contribution in [0.2, 0.25) is 0 Å². The van der Waals surface area contributed by atoms with Crippen molar-refractivity contribution < 1.29 is 9.53 Å². The van der Waals surface area contributed by atoms with E-state index in [-0.39, 0.29) is 12.5 Å². The lowest BCUT2D eigenvalue weighted by molar-refractivity contribution is -0.130. The molecule has 0 saturated heterocycles. The molecule has 0 saturated carbocycles. The quantitative estimate of drug-likeness (QED) is 0.836. The molecule has 2 heterocycles. The predicted octanol–water partition coefficient (Wildman–Crippen LogP) is 2.02. The van der Waals surface area contributed by atoms with Crippen molar-refractivity contribution in [3.63, 3.8) is 0 Å². The zero-order valence-corrected chi connectivity index (χ0v) is 14.9. The lowest BCUT2D eigenvalue weighted by Gasteiger charge is -2.24. The van der Waals surface area contributed by atoms with Crippen LogP contribution in [0.1, 0.15) is 30.1 Å². The Hall–Kier alpha value is -2.34. The minimum atomic E-state index is -0.0446. The van der Waals surface area contributed by atoms with Gasteiger partial charge in [-0.15, -0.1) is 0 Å². The molecule has 0 fully saturated rings. The van der Waals surface area contributed by atoms with Crippen molar-refractivity contribution in [3.8, 4) is 5.75 Å².